The molecule has 0 bridgehead atoms. The Bertz CT molecular complexity index is 1150. The minimum atomic E-state index is -4.65. The van der Waals surface area contributed by atoms with Crippen LogP contribution >= 0.6 is 0 Å². The molecule has 0 saturated carbocycles. The largest absolute Gasteiger partial charge is 0.417 e. The van der Waals surface area contributed by atoms with Crippen LogP contribution in [0.4, 0.5) is 27.6 Å². The first kappa shape index (κ1) is 24.9. The van der Waals surface area contributed by atoms with Crippen molar-refractivity contribution < 1.29 is 31.5 Å². The van der Waals surface area contributed by atoms with E-state index >= 15 is 0 Å². The molecule has 35 heavy (non-hydrogen) atoms. The fourth-order valence-corrected chi connectivity index (χ4v) is 5.28. The van der Waals surface area contributed by atoms with E-state index in [0.717, 1.165) is 18.2 Å². The van der Waals surface area contributed by atoms with E-state index in [1.54, 1.807) is 13.2 Å². The highest BCUT2D eigenvalue weighted by molar-refractivity contribution is 5.94. The summed E-state index contributed by atoms with van der Waals surface area (Å²) in [5.41, 5.74) is -1.52. The molecule has 2 aromatic carbocycles. The third-order valence-corrected chi connectivity index (χ3v) is 7.18. The van der Waals surface area contributed by atoms with Gasteiger partial charge in [0.05, 0.1) is 29.4 Å². The highest BCUT2D eigenvalue weighted by atomic mass is 19.4. The van der Waals surface area contributed by atoms with E-state index in [1.165, 1.54) is 17.0 Å². The Kier molecular flexibility index (Phi) is 6.73. The van der Waals surface area contributed by atoms with Crippen molar-refractivity contribution in [3.8, 4) is 6.07 Å². The van der Waals surface area contributed by atoms with Crippen molar-refractivity contribution in [1.82, 2.24) is 4.90 Å². The Morgan fingerprint density at radius 1 is 1.17 bits per heavy atom. The number of hydrogen-bond donors (Lipinski definition) is 0. The fraction of sp³-hybridized carbons (Fsp3) is 0.440. The number of ether oxygens (including phenoxy) is 1. The van der Waals surface area contributed by atoms with Gasteiger partial charge in [0, 0.05) is 51.0 Å². The van der Waals surface area contributed by atoms with Crippen molar-refractivity contribution >= 4 is 11.6 Å². The molecule has 1 unspecified atom stereocenters. The number of rotatable bonds is 4. The smallest absolute Gasteiger partial charge is 0.384 e. The van der Waals surface area contributed by atoms with Gasteiger partial charge in [-0.05, 0) is 48.6 Å². The van der Waals surface area contributed by atoms with Crippen molar-refractivity contribution in [2.75, 3.05) is 44.8 Å². The summed E-state index contributed by atoms with van der Waals surface area (Å²) in [6.45, 7) is 2.02. The summed E-state index contributed by atoms with van der Waals surface area (Å²) < 4.78 is 73.2. The number of likely N-dealkylation sites (tertiary alicyclic amines) is 1. The lowest BCUT2D eigenvalue weighted by molar-refractivity contribution is -0.137. The maximum absolute atomic E-state index is 14.1. The third kappa shape index (κ3) is 4.82. The van der Waals surface area contributed by atoms with Crippen LogP contribution in [0.2, 0.25) is 0 Å². The molecule has 2 aromatic rings. The summed E-state index contributed by atoms with van der Waals surface area (Å²) in [7, 11) is 1.57. The van der Waals surface area contributed by atoms with Gasteiger partial charge in [-0.25, -0.2) is 8.78 Å². The second-order valence-corrected chi connectivity index (χ2v) is 9.15. The number of piperidine rings is 1. The van der Waals surface area contributed by atoms with E-state index < -0.39 is 34.8 Å². The van der Waals surface area contributed by atoms with Crippen LogP contribution in [0.3, 0.4) is 0 Å². The molecule has 1 spiro atoms. The van der Waals surface area contributed by atoms with Crippen LogP contribution in [0.5, 0.6) is 0 Å². The maximum Gasteiger partial charge on any atom is 0.417 e. The topological polar surface area (TPSA) is 56.6 Å². The second-order valence-electron chi connectivity index (χ2n) is 9.15. The summed E-state index contributed by atoms with van der Waals surface area (Å²) in [6.07, 6.45) is -3.52. The standard InChI is InChI=1S/C25H24F5N3O2/c1-35-14-17-13-33(19-4-2-16(12-31)21(11-19)25(28,29)30)15-24(17)6-8-32(9-7-24)23(34)20-5-3-18(26)10-22(20)27/h2-5,10-11,17H,6-9,13-15H2,1H3. The zero-order chi connectivity index (χ0) is 25.4. The number of anilines is 1. The normalized spacial score (nSPS) is 19.7. The number of alkyl halides is 3. The zero-order valence-electron chi connectivity index (χ0n) is 19.0. The van der Waals surface area contributed by atoms with Crippen molar-refractivity contribution in [3.05, 3.63) is 64.7 Å². The van der Waals surface area contributed by atoms with E-state index in [2.05, 4.69) is 0 Å². The highest BCUT2D eigenvalue weighted by Gasteiger charge is 2.49. The van der Waals surface area contributed by atoms with Gasteiger partial charge in [0.2, 0.25) is 0 Å². The number of nitriles is 1. The first-order chi connectivity index (χ1) is 16.6. The average Bonchev–Trinajstić information content (AvgIpc) is 3.16. The van der Waals surface area contributed by atoms with Crippen molar-refractivity contribution in [1.29, 1.82) is 5.26 Å². The van der Waals surface area contributed by atoms with Gasteiger partial charge >= 0.3 is 6.18 Å². The molecule has 2 fully saturated rings. The number of benzene rings is 2. The van der Waals surface area contributed by atoms with Crippen molar-refractivity contribution in [2.45, 2.75) is 19.0 Å². The van der Waals surface area contributed by atoms with Gasteiger partial charge in [0.1, 0.15) is 11.6 Å². The van der Waals surface area contributed by atoms with Crippen LogP contribution < -0.4 is 4.90 Å². The minimum Gasteiger partial charge on any atom is -0.384 e. The predicted molar refractivity (Wildman–Crippen MR) is 118 cm³/mol. The number of methoxy groups -OCH3 is 1. The number of carbonyl (C=O) groups excluding carboxylic acids is 1. The maximum atomic E-state index is 14.1. The fourth-order valence-electron chi connectivity index (χ4n) is 5.28. The molecule has 1 atom stereocenters. The first-order valence-electron chi connectivity index (χ1n) is 11.2. The minimum absolute atomic E-state index is 0.0114. The number of amides is 1. The molecule has 2 aliphatic rings. The molecule has 2 saturated heterocycles. The van der Waals surface area contributed by atoms with E-state index in [4.69, 9.17) is 10.00 Å². The van der Waals surface area contributed by atoms with E-state index in [0.29, 0.717) is 57.4 Å². The molecule has 4 rings (SSSR count). The molecule has 2 aliphatic heterocycles. The number of nitrogens with zero attached hydrogens (tertiary/aromatic N) is 3. The van der Waals surface area contributed by atoms with E-state index in [-0.39, 0.29) is 16.9 Å². The Balaban J connectivity index is 1.54. The third-order valence-electron chi connectivity index (χ3n) is 7.18. The molecule has 186 valence electrons. The van der Waals surface area contributed by atoms with Crippen LogP contribution in [0.1, 0.15) is 34.3 Å². The molecule has 10 heteroatoms. The number of hydrogen-bond acceptors (Lipinski definition) is 4. The summed E-state index contributed by atoms with van der Waals surface area (Å²) in [4.78, 5) is 16.2. The molecule has 0 aromatic heterocycles. The molecular formula is C25H24F5N3O2. The highest BCUT2D eigenvalue weighted by Crippen LogP contribution is 2.47. The monoisotopic (exact) mass is 493 g/mol. The van der Waals surface area contributed by atoms with Gasteiger partial charge in [-0.1, -0.05) is 0 Å². The predicted octanol–water partition coefficient (Wildman–Crippen LogP) is 4.86. The van der Waals surface area contributed by atoms with Gasteiger partial charge in [-0.15, -0.1) is 0 Å². The second kappa shape index (κ2) is 9.46. The molecule has 0 aliphatic carbocycles. The summed E-state index contributed by atoms with van der Waals surface area (Å²) in [5.74, 6) is -2.18. The Labute approximate surface area is 199 Å². The molecule has 5 nitrogen and oxygen atoms in total. The molecule has 2 heterocycles. The van der Waals surface area contributed by atoms with Crippen LogP contribution in [-0.2, 0) is 10.9 Å². The summed E-state index contributed by atoms with van der Waals surface area (Å²) >= 11 is 0. The van der Waals surface area contributed by atoms with Crippen molar-refractivity contribution in [2.24, 2.45) is 11.3 Å². The molecule has 0 N–H and O–H groups in total. The van der Waals surface area contributed by atoms with Gasteiger partial charge in [-0.2, -0.15) is 18.4 Å². The SMILES string of the molecule is COCC1CN(c2ccc(C#N)c(C(F)(F)F)c2)CC12CCN(C(=O)c1ccc(F)cc1F)CC2. The Hall–Kier alpha value is -3.19. The van der Waals surface area contributed by atoms with Gasteiger partial charge in [0.15, 0.2) is 0 Å². The van der Waals surface area contributed by atoms with E-state index in [9.17, 15) is 26.7 Å². The quantitative estimate of drug-likeness (QED) is 0.571. The van der Waals surface area contributed by atoms with Crippen LogP contribution in [0.15, 0.2) is 36.4 Å². The molecule has 0 radical (unpaired) electrons. The van der Waals surface area contributed by atoms with Crippen molar-refractivity contribution in [3.63, 3.8) is 0 Å². The Morgan fingerprint density at radius 3 is 2.49 bits per heavy atom. The van der Waals surface area contributed by atoms with Crippen LogP contribution in [0.25, 0.3) is 0 Å². The lowest BCUT2D eigenvalue weighted by Crippen LogP contribution is -2.47. The van der Waals surface area contributed by atoms with Gasteiger partial charge in [-0.3, -0.25) is 4.79 Å². The number of halogens is 5. The first-order valence-corrected chi connectivity index (χ1v) is 11.2. The lowest BCUT2D eigenvalue weighted by Gasteiger charge is -2.42. The van der Waals surface area contributed by atoms with Crippen LogP contribution in [0, 0.1) is 34.3 Å². The summed E-state index contributed by atoms with van der Waals surface area (Å²) in [5, 5.41) is 9.08. The zero-order valence-corrected chi connectivity index (χ0v) is 19.0. The lowest BCUT2D eigenvalue weighted by atomic mass is 9.71. The number of carbonyl (C=O) groups is 1. The summed E-state index contributed by atoms with van der Waals surface area (Å²) in [6, 6.07) is 8.16. The molecule has 1 amide bonds. The Morgan fingerprint density at radius 2 is 1.89 bits per heavy atom. The van der Waals surface area contributed by atoms with E-state index in [1.807, 2.05) is 4.90 Å². The molecular weight excluding hydrogens is 469 g/mol. The average molecular weight is 493 g/mol. The van der Waals surface area contributed by atoms with Gasteiger partial charge < -0.3 is 14.5 Å². The van der Waals surface area contributed by atoms with Gasteiger partial charge in [0.25, 0.3) is 5.91 Å². The van der Waals surface area contributed by atoms with Crippen LogP contribution in [-0.4, -0.2) is 50.7 Å².